The van der Waals surface area contributed by atoms with Gasteiger partial charge in [0, 0.05) is 24.8 Å². The van der Waals surface area contributed by atoms with Crippen molar-refractivity contribution in [2.45, 2.75) is 84.0 Å². The summed E-state index contributed by atoms with van der Waals surface area (Å²) in [4.78, 5) is 28.2. The Hall–Kier alpha value is -2.44. The van der Waals surface area contributed by atoms with Crippen LogP contribution in [0.3, 0.4) is 0 Å². The first kappa shape index (κ1) is 23.3. The molecule has 7 nitrogen and oxygen atoms in total. The number of nitrogens with zero attached hydrogens (tertiary/aromatic N) is 2. The number of hydrazone groups is 1. The minimum absolute atomic E-state index is 0.165. The van der Waals surface area contributed by atoms with Gasteiger partial charge < -0.3 is 10.4 Å². The van der Waals surface area contributed by atoms with Crippen LogP contribution in [0.4, 0.5) is 0 Å². The molecule has 0 unspecified atom stereocenters. The molecule has 4 aliphatic carbocycles. The number of guanidine groups is 1. The summed E-state index contributed by atoms with van der Waals surface area (Å²) in [5.41, 5.74) is 8.68. The number of carboxylic acids is 1. The van der Waals surface area contributed by atoms with Crippen LogP contribution in [0.15, 0.2) is 32.9 Å². The number of unbranched alkanes of at least 4 members (excludes halogenated alkanes) is 2. The van der Waals surface area contributed by atoms with Crippen molar-refractivity contribution in [2.75, 3.05) is 13.1 Å². The van der Waals surface area contributed by atoms with Gasteiger partial charge in [0.2, 0.25) is 5.96 Å². The Morgan fingerprint density at radius 1 is 1.24 bits per heavy atom. The van der Waals surface area contributed by atoms with E-state index in [-0.39, 0.29) is 11.8 Å². The molecule has 34 heavy (non-hydrogen) atoms. The number of carbonyl (C=O) groups excluding carboxylic acids is 1. The molecule has 5 rings (SSSR count). The zero-order valence-electron chi connectivity index (χ0n) is 20.4. The molecule has 0 amide bonds. The summed E-state index contributed by atoms with van der Waals surface area (Å²) < 4.78 is 0. The number of fused-ring (bicyclic) bond motifs is 4. The van der Waals surface area contributed by atoms with E-state index in [0.29, 0.717) is 23.5 Å². The predicted octanol–water partition coefficient (Wildman–Crippen LogP) is 4.36. The number of carbonyl (C=O) groups is 2. The van der Waals surface area contributed by atoms with Gasteiger partial charge in [-0.25, -0.2) is 10.4 Å². The fraction of sp³-hybridized carbons (Fsp3) is 0.704. The normalized spacial score (nSPS) is 33.6. The second-order valence-electron chi connectivity index (χ2n) is 11.0. The maximum atomic E-state index is 13.0. The molecule has 2 fully saturated rings. The van der Waals surface area contributed by atoms with Crippen molar-refractivity contribution in [1.29, 1.82) is 0 Å². The lowest BCUT2D eigenvalue weighted by atomic mass is 9.53. The van der Waals surface area contributed by atoms with Crippen LogP contribution in [-0.2, 0) is 9.59 Å². The van der Waals surface area contributed by atoms with E-state index >= 15 is 0 Å². The molecule has 7 heteroatoms. The van der Waals surface area contributed by atoms with Crippen molar-refractivity contribution in [1.82, 2.24) is 10.7 Å². The van der Waals surface area contributed by atoms with Gasteiger partial charge in [-0.3, -0.25) is 9.59 Å². The molecule has 1 heterocycles. The molecular weight excluding hydrogens is 428 g/mol. The quantitative estimate of drug-likeness (QED) is 0.382. The largest absolute Gasteiger partial charge is 0.481 e. The molecule has 1 aliphatic heterocycles. The summed E-state index contributed by atoms with van der Waals surface area (Å²) in [5, 5.41) is 16.8. The maximum Gasteiger partial charge on any atom is 0.303 e. The molecule has 0 aromatic heterocycles. The summed E-state index contributed by atoms with van der Waals surface area (Å²) in [6, 6.07) is 0. The molecule has 0 aromatic rings. The molecule has 0 radical (unpaired) electrons. The SMILES string of the molecule is C[C@]12C[C@H](CCCCCC(=O)O)C3=C4CCC(=NNC5=NCCN5)C=C4CC[C@H]3[C@@H]1CCC2=O. The van der Waals surface area contributed by atoms with Crippen LogP contribution in [0.5, 0.6) is 0 Å². The number of nitrogens with one attached hydrogen (secondary N) is 2. The number of aliphatic imine (C=N–C) groups is 1. The summed E-state index contributed by atoms with van der Waals surface area (Å²) in [6.07, 6.45) is 13.3. The van der Waals surface area contributed by atoms with Gasteiger partial charge in [-0.15, -0.1) is 0 Å². The van der Waals surface area contributed by atoms with E-state index in [1.54, 1.807) is 11.1 Å². The third-order valence-electron chi connectivity index (χ3n) is 8.99. The molecule has 184 valence electrons. The first-order valence-electron chi connectivity index (χ1n) is 13.3. The molecule has 3 N–H and O–H groups in total. The van der Waals surface area contributed by atoms with Crippen molar-refractivity contribution >= 4 is 23.4 Å². The highest BCUT2D eigenvalue weighted by molar-refractivity contribution is 5.98. The number of Topliss-reactive ketones (excluding diaryl/α,β-unsaturated/α-hetero) is 1. The summed E-state index contributed by atoms with van der Waals surface area (Å²) >= 11 is 0. The monoisotopic (exact) mass is 466 g/mol. The average molecular weight is 467 g/mol. The van der Waals surface area contributed by atoms with Gasteiger partial charge in [0.05, 0.1) is 12.3 Å². The molecule has 0 bridgehead atoms. The lowest BCUT2D eigenvalue weighted by Gasteiger charge is -2.50. The minimum atomic E-state index is -0.707. The fourth-order valence-corrected chi connectivity index (χ4v) is 7.40. The number of rotatable bonds is 7. The Bertz CT molecular complexity index is 978. The van der Waals surface area contributed by atoms with E-state index < -0.39 is 5.97 Å². The summed E-state index contributed by atoms with van der Waals surface area (Å²) in [7, 11) is 0. The Balaban J connectivity index is 1.38. The van der Waals surface area contributed by atoms with Gasteiger partial charge in [0.1, 0.15) is 5.78 Å². The van der Waals surface area contributed by atoms with E-state index in [1.807, 2.05) is 0 Å². The standard InChI is InChI=1S/C27H38N4O3/c1-27-16-18(5-3-2-4-6-24(33)34)25-20-10-8-19(30-31-26-28-13-14-29-26)15-17(20)7-9-21(25)22(27)11-12-23(27)32/h15,18,21-22H,2-14,16H2,1H3,(H,33,34)(H2,28,29,31)/t18-,21-,22-,27-/m0/s1. The van der Waals surface area contributed by atoms with Crippen LogP contribution in [0.2, 0.25) is 0 Å². The number of allylic oxidation sites excluding steroid dienone is 4. The summed E-state index contributed by atoms with van der Waals surface area (Å²) in [5.74, 6) is 2.02. The number of carboxylic acid groups (broad SMARTS) is 1. The smallest absolute Gasteiger partial charge is 0.303 e. The van der Waals surface area contributed by atoms with Crippen molar-refractivity contribution in [3.63, 3.8) is 0 Å². The van der Waals surface area contributed by atoms with Crippen LogP contribution in [0.25, 0.3) is 0 Å². The van der Waals surface area contributed by atoms with Crippen molar-refractivity contribution in [3.05, 3.63) is 22.8 Å². The predicted molar refractivity (Wildman–Crippen MR) is 133 cm³/mol. The van der Waals surface area contributed by atoms with Crippen LogP contribution < -0.4 is 10.7 Å². The van der Waals surface area contributed by atoms with Gasteiger partial charge in [-0.2, -0.15) is 5.10 Å². The van der Waals surface area contributed by atoms with Crippen LogP contribution in [-0.4, -0.2) is 41.6 Å². The Labute approximate surface area is 202 Å². The first-order chi connectivity index (χ1) is 16.5. The third-order valence-corrected chi connectivity index (χ3v) is 8.99. The third kappa shape index (κ3) is 4.46. The van der Waals surface area contributed by atoms with Gasteiger partial charge in [0.25, 0.3) is 0 Å². The fourth-order valence-electron chi connectivity index (χ4n) is 7.40. The lowest BCUT2D eigenvalue weighted by Crippen LogP contribution is -2.44. The van der Waals surface area contributed by atoms with Crippen molar-refractivity contribution < 1.29 is 14.7 Å². The molecule has 0 spiro atoms. The Morgan fingerprint density at radius 2 is 2.12 bits per heavy atom. The zero-order valence-corrected chi connectivity index (χ0v) is 20.4. The van der Waals surface area contributed by atoms with Gasteiger partial charge in [-0.1, -0.05) is 25.3 Å². The highest BCUT2D eigenvalue weighted by atomic mass is 16.4. The molecule has 0 aromatic carbocycles. The van der Waals surface area contributed by atoms with Gasteiger partial charge in [0.15, 0.2) is 0 Å². The first-order valence-corrected chi connectivity index (χ1v) is 13.3. The van der Waals surface area contributed by atoms with Crippen molar-refractivity contribution in [2.24, 2.45) is 33.3 Å². The molecule has 2 saturated carbocycles. The second-order valence-corrected chi connectivity index (χ2v) is 11.0. The summed E-state index contributed by atoms with van der Waals surface area (Å²) in [6.45, 7) is 3.91. The van der Waals surface area contributed by atoms with E-state index in [1.165, 1.54) is 5.57 Å². The van der Waals surface area contributed by atoms with E-state index in [2.05, 4.69) is 33.8 Å². The highest BCUT2D eigenvalue weighted by Crippen LogP contribution is 2.61. The topological polar surface area (TPSA) is 103 Å². The second kappa shape index (κ2) is 9.67. The van der Waals surface area contributed by atoms with E-state index in [0.717, 1.165) is 95.4 Å². The lowest BCUT2D eigenvalue weighted by molar-refractivity contribution is -0.137. The van der Waals surface area contributed by atoms with Crippen LogP contribution in [0.1, 0.15) is 84.0 Å². The minimum Gasteiger partial charge on any atom is -0.481 e. The Morgan fingerprint density at radius 3 is 2.91 bits per heavy atom. The maximum absolute atomic E-state index is 13.0. The molecule has 4 atom stereocenters. The van der Waals surface area contributed by atoms with E-state index in [9.17, 15) is 9.59 Å². The van der Waals surface area contributed by atoms with Crippen LogP contribution in [0, 0.1) is 23.2 Å². The average Bonchev–Trinajstić information content (AvgIpc) is 3.44. The van der Waals surface area contributed by atoms with Gasteiger partial charge >= 0.3 is 5.97 Å². The van der Waals surface area contributed by atoms with Crippen LogP contribution >= 0.6 is 0 Å². The molecule has 0 saturated heterocycles. The molecular formula is C27H38N4O3. The number of aliphatic carboxylic acids is 1. The zero-order chi connectivity index (χ0) is 23.7. The van der Waals surface area contributed by atoms with E-state index in [4.69, 9.17) is 5.11 Å². The molecule has 5 aliphatic rings. The number of hydrogen-bond acceptors (Lipinski definition) is 6. The number of ketones is 1. The number of hydrogen-bond donors (Lipinski definition) is 3. The highest BCUT2D eigenvalue weighted by Gasteiger charge is 2.55. The van der Waals surface area contributed by atoms with Crippen molar-refractivity contribution in [3.8, 4) is 0 Å². The van der Waals surface area contributed by atoms with Gasteiger partial charge in [-0.05, 0) is 86.3 Å². The Kier molecular flexibility index (Phi) is 6.63.